The minimum atomic E-state index is -0.349. The highest BCUT2D eigenvalue weighted by molar-refractivity contribution is 5.91. The molecule has 1 aliphatic rings. The van der Waals surface area contributed by atoms with E-state index in [1.807, 2.05) is 6.07 Å². The molecule has 1 aromatic heterocycles. The normalized spacial score (nSPS) is 15.2. The maximum Gasteiger partial charge on any atom is 0.289 e. The molecular weight excluding hydrogens is 320 g/mol. The lowest BCUT2D eigenvalue weighted by Gasteiger charge is -2.34. The molecule has 0 unspecified atom stereocenters. The van der Waals surface area contributed by atoms with Crippen molar-refractivity contribution in [1.82, 2.24) is 9.80 Å². The zero-order valence-corrected chi connectivity index (χ0v) is 14.3. The third-order valence-electron chi connectivity index (χ3n) is 4.45. The van der Waals surface area contributed by atoms with Gasteiger partial charge in [0.2, 0.25) is 11.2 Å². The topological polar surface area (TPSA) is 63.0 Å². The number of hydrogen-bond donors (Lipinski definition) is 0. The van der Waals surface area contributed by atoms with Crippen LogP contribution in [-0.2, 0) is 6.42 Å². The highest BCUT2D eigenvalue weighted by atomic mass is 16.5. The highest BCUT2D eigenvalue weighted by Crippen LogP contribution is 2.11. The first-order chi connectivity index (χ1) is 12.2. The Morgan fingerprint density at radius 3 is 2.52 bits per heavy atom. The molecule has 1 amide bonds. The molecule has 6 nitrogen and oxygen atoms in total. The van der Waals surface area contributed by atoms with Gasteiger partial charge in [-0.05, 0) is 12.0 Å². The summed E-state index contributed by atoms with van der Waals surface area (Å²) in [5.74, 6) is -0.0896. The molecule has 0 radical (unpaired) electrons. The van der Waals surface area contributed by atoms with Gasteiger partial charge in [0.15, 0.2) is 5.76 Å². The van der Waals surface area contributed by atoms with Crippen molar-refractivity contribution in [3.8, 4) is 5.75 Å². The third-order valence-corrected chi connectivity index (χ3v) is 4.45. The summed E-state index contributed by atoms with van der Waals surface area (Å²) >= 11 is 0. The SMILES string of the molecule is COc1coc(C(=O)N2CCN(CCc3ccccc3)CC2)cc1=O. The molecule has 0 saturated carbocycles. The number of amides is 1. The lowest BCUT2D eigenvalue weighted by Crippen LogP contribution is -2.49. The molecule has 0 bridgehead atoms. The van der Waals surface area contributed by atoms with Crippen molar-refractivity contribution < 1.29 is 13.9 Å². The van der Waals surface area contributed by atoms with Crippen LogP contribution in [0.5, 0.6) is 5.75 Å². The van der Waals surface area contributed by atoms with Crippen molar-refractivity contribution in [3.05, 3.63) is 64.2 Å². The molecule has 0 N–H and O–H groups in total. The molecule has 0 spiro atoms. The molecule has 1 aromatic carbocycles. The number of rotatable bonds is 5. The van der Waals surface area contributed by atoms with E-state index in [-0.39, 0.29) is 22.8 Å². The second-order valence-electron chi connectivity index (χ2n) is 6.05. The van der Waals surface area contributed by atoms with Gasteiger partial charge in [0.05, 0.1) is 7.11 Å². The molecule has 0 aliphatic carbocycles. The molecule has 6 heteroatoms. The summed E-state index contributed by atoms with van der Waals surface area (Å²) in [7, 11) is 1.39. The Kier molecular flexibility index (Phi) is 5.50. The summed E-state index contributed by atoms with van der Waals surface area (Å²) in [6.07, 6.45) is 2.19. The fourth-order valence-corrected chi connectivity index (χ4v) is 2.92. The van der Waals surface area contributed by atoms with E-state index in [4.69, 9.17) is 9.15 Å². The Morgan fingerprint density at radius 2 is 1.88 bits per heavy atom. The summed E-state index contributed by atoms with van der Waals surface area (Å²) in [6.45, 7) is 3.87. The molecule has 1 saturated heterocycles. The van der Waals surface area contributed by atoms with Crippen molar-refractivity contribution in [2.75, 3.05) is 39.8 Å². The number of carbonyl (C=O) groups excluding carboxylic acids is 1. The van der Waals surface area contributed by atoms with Crippen molar-refractivity contribution >= 4 is 5.91 Å². The molecular formula is C19H22N2O4. The summed E-state index contributed by atoms with van der Waals surface area (Å²) in [5.41, 5.74) is 0.972. The monoisotopic (exact) mass is 342 g/mol. The van der Waals surface area contributed by atoms with E-state index in [9.17, 15) is 9.59 Å². The Morgan fingerprint density at radius 1 is 1.16 bits per heavy atom. The van der Waals surface area contributed by atoms with Gasteiger partial charge >= 0.3 is 0 Å². The van der Waals surface area contributed by atoms with E-state index < -0.39 is 0 Å². The smallest absolute Gasteiger partial charge is 0.289 e. The van der Waals surface area contributed by atoms with Gasteiger partial charge in [-0.2, -0.15) is 0 Å². The molecule has 132 valence electrons. The maximum absolute atomic E-state index is 12.5. The molecule has 0 atom stereocenters. The average Bonchev–Trinajstić information content (AvgIpc) is 2.67. The van der Waals surface area contributed by atoms with Crippen LogP contribution in [0.25, 0.3) is 0 Å². The highest BCUT2D eigenvalue weighted by Gasteiger charge is 2.24. The average molecular weight is 342 g/mol. The summed E-state index contributed by atoms with van der Waals surface area (Å²) in [4.78, 5) is 28.3. The van der Waals surface area contributed by atoms with Gasteiger partial charge in [0.25, 0.3) is 5.91 Å². The van der Waals surface area contributed by atoms with Crippen molar-refractivity contribution in [2.45, 2.75) is 6.42 Å². The van der Waals surface area contributed by atoms with Crippen LogP contribution in [-0.4, -0.2) is 55.5 Å². The fraction of sp³-hybridized carbons (Fsp3) is 0.368. The molecule has 1 aliphatic heterocycles. The van der Waals surface area contributed by atoms with Gasteiger partial charge in [-0.1, -0.05) is 30.3 Å². The zero-order chi connectivity index (χ0) is 17.6. The standard InChI is InChI=1S/C19H22N2O4/c1-24-18-14-25-17(13-16(18)22)19(23)21-11-9-20(10-12-21)8-7-15-5-3-2-4-6-15/h2-6,13-14H,7-12H2,1H3. The van der Waals surface area contributed by atoms with Crippen molar-refractivity contribution in [2.24, 2.45) is 0 Å². The Labute approximate surface area is 146 Å². The second-order valence-corrected chi connectivity index (χ2v) is 6.05. The number of carbonyl (C=O) groups is 1. The zero-order valence-electron chi connectivity index (χ0n) is 14.3. The summed E-state index contributed by atoms with van der Waals surface area (Å²) in [6, 6.07) is 11.6. The van der Waals surface area contributed by atoms with E-state index >= 15 is 0 Å². The van der Waals surface area contributed by atoms with Crippen LogP contribution < -0.4 is 10.2 Å². The molecule has 25 heavy (non-hydrogen) atoms. The van der Waals surface area contributed by atoms with Crippen LogP contribution in [0.3, 0.4) is 0 Å². The summed E-state index contributed by atoms with van der Waals surface area (Å²) in [5, 5.41) is 0. The van der Waals surface area contributed by atoms with E-state index in [0.717, 1.165) is 26.1 Å². The van der Waals surface area contributed by atoms with Gasteiger partial charge in [-0.25, -0.2) is 0 Å². The fourth-order valence-electron chi connectivity index (χ4n) is 2.92. The van der Waals surface area contributed by atoms with E-state index in [2.05, 4.69) is 29.2 Å². The van der Waals surface area contributed by atoms with Gasteiger partial charge in [-0.3, -0.25) is 14.5 Å². The van der Waals surface area contributed by atoms with Gasteiger partial charge in [0, 0.05) is 38.8 Å². The number of piperazine rings is 1. The number of nitrogens with zero attached hydrogens (tertiary/aromatic N) is 2. The van der Waals surface area contributed by atoms with Crippen LogP contribution in [0.15, 0.2) is 51.9 Å². The van der Waals surface area contributed by atoms with Gasteiger partial charge in [-0.15, -0.1) is 0 Å². The third kappa shape index (κ3) is 4.28. The van der Waals surface area contributed by atoms with Gasteiger partial charge in [0.1, 0.15) is 6.26 Å². The van der Waals surface area contributed by atoms with Crippen LogP contribution in [0.4, 0.5) is 0 Å². The quantitative estimate of drug-likeness (QED) is 0.827. The minimum absolute atomic E-state index is 0.0588. The second kappa shape index (κ2) is 7.98. The Bertz CT molecular complexity index is 764. The first-order valence-corrected chi connectivity index (χ1v) is 8.40. The Balaban J connectivity index is 1.52. The van der Waals surface area contributed by atoms with Gasteiger partial charge < -0.3 is 14.1 Å². The molecule has 2 heterocycles. The van der Waals surface area contributed by atoms with Crippen LogP contribution in [0.1, 0.15) is 16.1 Å². The molecule has 3 rings (SSSR count). The lowest BCUT2D eigenvalue weighted by molar-refractivity contribution is 0.0604. The predicted octanol–water partition coefficient (Wildman–Crippen LogP) is 1.65. The Hall–Kier alpha value is -2.60. The number of methoxy groups -OCH3 is 1. The number of benzene rings is 1. The largest absolute Gasteiger partial charge is 0.490 e. The van der Waals surface area contributed by atoms with E-state index in [1.54, 1.807) is 4.90 Å². The first-order valence-electron chi connectivity index (χ1n) is 8.40. The lowest BCUT2D eigenvalue weighted by atomic mass is 10.1. The number of hydrogen-bond acceptors (Lipinski definition) is 5. The summed E-state index contributed by atoms with van der Waals surface area (Å²) < 4.78 is 10.1. The number of ether oxygens (including phenoxy) is 1. The van der Waals surface area contributed by atoms with Crippen LogP contribution in [0, 0.1) is 0 Å². The maximum atomic E-state index is 12.5. The van der Waals surface area contributed by atoms with E-state index in [1.165, 1.54) is 25.0 Å². The first kappa shape index (κ1) is 17.2. The van der Waals surface area contributed by atoms with Crippen molar-refractivity contribution in [1.29, 1.82) is 0 Å². The molecule has 2 aromatic rings. The predicted molar refractivity (Wildman–Crippen MR) is 94.0 cm³/mol. The van der Waals surface area contributed by atoms with Crippen LogP contribution >= 0.6 is 0 Å². The minimum Gasteiger partial charge on any atom is -0.490 e. The van der Waals surface area contributed by atoms with E-state index in [0.29, 0.717) is 13.1 Å². The molecule has 1 fully saturated rings. The van der Waals surface area contributed by atoms with Crippen LogP contribution in [0.2, 0.25) is 0 Å². The van der Waals surface area contributed by atoms with Crippen molar-refractivity contribution in [3.63, 3.8) is 0 Å².